The van der Waals surface area contributed by atoms with Crippen molar-refractivity contribution in [3.05, 3.63) is 29.3 Å². The average Bonchev–Trinajstić information content (AvgIpc) is 2.29. The van der Waals surface area contributed by atoms with Crippen molar-refractivity contribution in [3.63, 3.8) is 0 Å². The Morgan fingerprint density at radius 3 is 2.94 bits per heavy atom. The van der Waals surface area contributed by atoms with Gasteiger partial charge in [-0.25, -0.2) is 0 Å². The fourth-order valence-corrected chi connectivity index (χ4v) is 2.21. The molecular formula is C14H22N2O2. The Balaban J connectivity index is 2.05. The predicted octanol–water partition coefficient (Wildman–Crippen LogP) is 1.11. The molecular weight excluding hydrogens is 228 g/mol. The van der Waals surface area contributed by atoms with E-state index in [1.807, 2.05) is 33.3 Å². The van der Waals surface area contributed by atoms with Gasteiger partial charge in [-0.2, -0.15) is 0 Å². The zero-order valence-electron chi connectivity index (χ0n) is 11.4. The molecule has 0 fully saturated rings. The highest BCUT2D eigenvalue weighted by atomic mass is 16.5. The lowest BCUT2D eigenvalue weighted by molar-refractivity contribution is 0.107. The molecule has 0 unspecified atom stereocenters. The summed E-state index contributed by atoms with van der Waals surface area (Å²) in [5.74, 6) is 0.846. The van der Waals surface area contributed by atoms with Crippen LogP contribution in [0.5, 0.6) is 5.75 Å². The van der Waals surface area contributed by atoms with Crippen LogP contribution in [0.15, 0.2) is 18.2 Å². The minimum absolute atomic E-state index is 0.406. The second kappa shape index (κ2) is 5.69. The van der Waals surface area contributed by atoms with Gasteiger partial charge in [-0.05, 0) is 44.4 Å². The minimum atomic E-state index is -0.406. The van der Waals surface area contributed by atoms with Gasteiger partial charge in [0, 0.05) is 19.6 Å². The van der Waals surface area contributed by atoms with Gasteiger partial charge in [0.15, 0.2) is 0 Å². The maximum Gasteiger partial charge on any atom is 0.119 e. The van der Waals surface area contributed by atoms with Crippen molar-refractivity contribution in [2.75, 3.05) is 40.8 Å². The van der Waals surface area contributed by atoms with Crippen molar-refractivity contribution in [2.45, 2.75) is 12.6 Å². The standard InChI is InChI=1S/C14H22N2O2/c1-15(2)6-7-18-12-5-4-11-9-16(3)10-14(17)13(11)8-12/h4-5,8,14,17H,6-7,9-10H2,1-3H3/t14-/m0/s1. The van der Waals surface area contributed by atoms with Gasteiger partial charge in [0.05, 0.1) is 6.10 Å². The molecule has 0 amide bonds. The Morgan fingerprint density at radius 1 is 1.44 bits per heavy atom. The highest BCUT2D eigenvalue weighted by molar-refractivity contribution is 5.38. The largest absolute Gasteiger partial charge is 0.492 e. The van der Waals surface area contributed by atoms with Crippen LogP contribution >= 0.6 is 0 Å². The second-order valence-electron chi connectivity index (χ2n) is 5.22. The van der Waals surface area contributed by atoms with Crippen LogP contribution in [0, 0.1) is 0 Å². The summed E-state index contributed by atoms with van der Waals surface area (Å²) in [6.07, 6.45) is -0.406. The number of β-amino-alcohol motifs (C(OH)–C–C–N with tert-alkyl or cyclic N) is 1. The molecule has 18 heavy (non-hydrogen) atoms. The highest BCUT2D eigenvalue weighted by Gasteiger charge is 2.21. The first-order chi connectivity index (χ1) is 8.56. The Kier molecular flexibility index (Phi) is 4.22. The van der Waals surface area contributed by atoms with Gasteiger partial charge < -0.3 is 14.7 Å². The third-order valence-corrected chi connectivity index (χ3v) is 3.21. The molecule has 0 aromatic heterocycles. The Labute approximate surface area is 109 Å². The number of fused-ring (bicyclic) bond motifs is 1. The van der Waals surface area contributed by atoms with E-state index in [2.05, 4.69) is 15.9 Å². The molecule has 2 rings (SSSR count). The molecule has 1 aliphatic rings. The van der Waals surface area contributed by atoms with E-state index < -0.39 is 6.10 Å². The van der Waals surface area contributed by atoms with E-state index in [-0.39, 0.29) is 0 Å². The summed E-state index contributed by atoms with van der Waals surface area (Å²) < 4.78 is 5.69. The van der Waals surface area contributed by atoms with E-state index in [9.17, 15) is 5.11 Å². The van der Waals surface area contributed by atoms with E-state index in [0.29, 0.717) is 13.2 Å². The van der Waals surface area contributed by atoms with Crippen molar-refractivity contribution in [3.8, 4) is 5.75 Å². The molecule has 0 saturated heterocycles. The highest BCUT2D eigenvalue weighted by Crippen LogP contribution is 2.29. The molecule has 0 spiro atoms. The topological polar surface area (TPSA) is 35.9 Å². The first kappa shape index (κ1) is 13.3. The number of aliphatic hydroxyl groups excluding tert-OH is 1. The van der Waals surface area contributed by atoms with Gasteiger partial charge in [-0.1, -0.05) is 6.07 Å². The van der Waals surface area contributed by atoms with Crippen LogP contribution < -0.4 is 4.74 Å². The molecule has 1 aliphatic heterocycles. The van der Waals surface area contributed by atoms with Gasteiger partial charge >= 0.3 is 0 Å². The van der Waals surface area contributed by atoms with Crippen LogP contribution in [0.1, 0.15) is 17.2 Å². The predicted molar refractivity (Wildman–Crippen MR) is 71.8 cm³/mol. The summed E-state index contributed by atoms with van der Waals surface area (Å²) in [6, 6.07) is 6.02. The number of nitrogens with zero attached hydrogens (tertiary/aromatic N) is 2. The molecule has 0 radical (unpaired) electrons. The first-order valence-electron chi connectivity index (χ1n) is 6.33. The Morgan fingerprint density at radius 2 is 2.22 bits per heavy atom. The van der Waals surface area contributed by atoms with Crippen LogP contribution in [0.4, 0.5) is 0 Å². The Bertz CT molecular complexity index is 407. The van der Waals surface area contributed by atoms with E-state index in [4.69, 9.17) is 4.74 Å². The molecule has 4 heteroatoms. The van der Waals surface area contributed by atoms with Crippen molar-refractivity contribution in [1.82, 2.24) is 9.80 Å². The average molecular weight is 250 g/mol. The lowest BCUT2D eigenvalue weighted by Crippen LogP contribution is -2.30. The Hall–Kier alpha value is -1.10. The van der Waals surface area contributed by atoms with Crippen molar-refractivity contribution in [1.29, 1.82) is 0 Å². The van der Waals surface area contributed by atoms with Gasteiger partial charge in [0.2, 0.25) is 0 Å². The summed E-state index contributed by atoms with van der Waals surface area (Å²) in [7, 11) is 6.07. The third-order valence-electron chi connectivity index (χ3n) is 3.21. The maximum absolute atomic E-state index is 10.1. The molecule has 0 bridgehead atoms. The monoisotopic (exact) mass is 250 g/mol. The molecule has 0 saturated carbocycles. The zero-order chi connectivity index (χ0) is 13.1. The van der Waals surface area contributed by atoms with E-state index in [1.165, 1.54) is 5.56 Å². The summed E-state index contributed by atoms with van der Waals surface area (Å²) in [5, 5.41) is 10.1. The number of hydrogen-bond donors (Lipinski definition) is 1. The number of aliphatic hydroxyl groups is 1. The lowest BCUT2D eigenvalue weighted by Gasteiger charge is -2.29. The maximum atomic E-state index is 10.1. The summed E-state index contributed by atoms with van der Waals surface area (Å²) in [5.41, 5.74) is 2.20. The first-order valence-corrected chi connectivity index (χ1v) is 6.33. The molecule has 1 aromatic carbocycles. The van der Waals surface area contributed by atoms with Crippen LogP contribution in [0.2, 0.25) is 0 Å². The van der Waals surface area contributed by atoms with Gasteiger partial charge in [-0.3, -0.25) is 4.90 Å². The van der Waals surface area contributed by atoms with Gasteiger partial charge in [0.1, 0.15) is 12.4 Å². The van der Waals surface area contributed by atoms with Crippen LogP contribution in [0.3, 0.4) is 0 Å². The third kappa shape index (κ3) is 3.22. The summed E-state index contributed by atoms with van der Waals surface area (Å²) >= 11 is 0. The molecule has 1 atom stereocenters. The number of likely N-dealkylation sites (N-methyl/N-ethyl adjacent to an activating group) is 2. The van der Waals surface area contributed by atoms with Crippen molar-refractivity contribution >= 4 is 0 Å². The molecule has 1 aromatic rings. The lowest BCUT2D eigenvalue weighted by atomic mass is 9.97. The summed E-state index contributed by atoms with van der Waals surface area (Å²) in [4.78, 5) is 4.21. The molecule has 0 aliphatic carbocycles. The normalized spacial score (nSPS) is 19.9. The zero-order valence-corrected chi connectivity index (χ0v) is 11.4. The van der Waals surface area contributed by atoms with Crippen LogP contribution in [0.25, 0.3) is 0 Å². The molecule has 1 N–H and O–H groups in total. The SMILES string of the molecule is CN(C)CCOc1ccc2c(c1)[C@@H](O)CN(C)C2. The molecule has 100 valence electrons. The van der Waals surface area contributed by atoms with E-state index in [0.717, 1.165) is 24.4 Å². The molecule has 4 nitrogen and oxygen atoms in total. The van der Waals surface area contributed by atoms with Crippen LogP contribution in [-0.4, -0.2) is 55.7 Å². The fraction of sp³-hybridized carbons (Fsp3) is 0.571. The number of rotatable bonds is 4. The van der Waals surface area contributed by atoms with Gasteiger partial charge in [-0.15, -0.1) is 0 Å². The van der Waals surface area contributed by atoms with Crippen molar-refractivity contribution < 1.29 is 9.84 Å². The number of hydrogen-bond acceptors (Lipinski definition) is 4. The quantitative estimate of drug-likeness (QED) is 0.868. The fourth-order valence-electron chi connectivity index (χ4n) is 2.21. The van der Waals surface area contributed by atoms with E-state index in [1.54, 1.807) is 0 Å². The number of benzene rings is 1. The summed E-state index contributed by atoms with van der Waals surface area (Å²) in [6.45, 7) is 3.14. The van der Waals surface area contributed by atoms with Gasteiger partial charge in [0.25, 0.3) is 0 Å². The number of ether oxygens (including phenoxy) is 1. The van der Waals surface area contributed by atoms with E-state index >= 15 is 0 Å². The minimum Gasteiger partial charge on any atom is -0.492 e. The molecule has 1 heterocycles. The van der Waals surface area contributed by atoms with Crippen LogP contribution in [-0.2, 0) is 6.54 Å². The van der Waals surface area contributed by atoms with Crippen molar-refractivity contribution in [2.24, 2.45) is 0 Å². The second-order valence-corrected chi connectivity index (χ2v) is 5.22. The smallest absolute Gasteiger partial charge is 0.119 e.